The minimum atomic E-state index is -0.211. The monoisotopic (exact) mass is 358 g/mol. The van der Waals surface area contributed by atoms with E-state index >= 15 is 0 Å². The summed E-state index contributed by atoms with van der Waals surface area (Å²) in [5, 5.41) is 3.53. The molecule has 0 spiro atoms. The van der Waals surface area contributed by atoms with Crippen molar-refractivity contribution in [2.75, 3.05) is 18.0 Å². The second-order valence-electron chi connectivity index (χ2n) is 6.64. The minimum Gasteiger partial charge on any atom is -0.347 e. The van der Waals surface area contributed by atoms with E-state index in [0.717, 1.165) is 43.1 Å². The van der Waals surface area contributed by atoms with Crippen LogP contribution < -0.4 is 10.2 Å². The molecule has 1 saturated heterocycles. The molecule has 132 valence electrons. The normalized spacial score (nSPS) is 15.2. The Morgan fingerprint density at radius 2 is 2.00 bits per heavy atom. The van der Waals surface area contributed by atoms with Crippen LogP contribution >= 0.6 is 11.6 Å². The molecule has 1 fully saturated rings. The van der Waals surface area contributed by atoms with E-state index in [1.807, 2.05) is 31.2 Å². The number of nitrogens with one attached hydrogen (secondary N) is 1. The summed E-state index contributed by atoms with van der Waals surface area (Å²) in [6.07, 6.45) is 2.26. The first-order valence-electron chi connectivity index (χ1n) is 8.65. The van der Waals surface area contributed by atoms with Crippen molar-refractivity contribution in [1.82, 2.24) is 15.3 Å². The molecule has 2 aromatic rings. The second-order valence-corrected chi connectivity index (χ2v) is 7.05. The highest BCUT2D eigenvalue weighted by Gasteiger charge is 2.20. The summed E-state index contributed by atoms with van der Waals surface area (Å²) in [6, 6.07) is 9.20. The fraction of sp³-hybridized carbons (Fsp3) is 0.421. The largest absolute Gasteiger partial charge is 0.347 e. The molecule has 0 radical (unpaired) electrons. The van der Waals surface area contributed by atoms with Crippen LogP contribution in [0.5, 0.6) is 0 Å². The molecule has 1 amide bonds. The predicted molar refractivity (Wildman–Crippen MR) is 100 cm³/mol. The Kier molecular flexibility index (Phi) is 5.53. The van der Waals surface area contributed by atoms with Gasteiger partial charge in [0.15, 0.2) is 0 Å². The number of hydrogen-bond acceptors (Lipinski definition) is 4. The molecule has 0 aliphatic carbocycles. The topological polar surface area (TPSA) is 58.1 Å². The van der Waals surface area contributed by atoms with Gasteiger partial charge in [0.25, 0.3) is 5.91 Å². The van der Waals surface area contributed by atoms with Crippen LogP contribution in [-0.4, -0.2) is 29.0 Å². The highest BCUT2D eigenvalue weighted by Crippen LogP contribution is 2.21. The average molecular weight is 359 g/mol. The van der Waals surface area contributed by atoms with Crippen molar-refractivity contribution < 1.29 is 4.79 Å². The minimum absolute atomic E-state index is 0.211. The van der Waals surface area contributed by atoms with Crippen molar-refractivity contribution in [2.24, 2.45) is 5.92 Å². The van der Waals surface area contributed by atoms with Gasteiger partial charge in [0.1, 0.15) is 5.69 Å². The first-order valence-corrected chi connectivity index (χ1v) is 9.03. The number of hydrogen-bond donors (Lipinski definition) is 1. The summed E-state index contributed by atoms with van der Waals surface area (Å²) in [7, 11) is 0. The number of rotatable bonds is 4. The van der Waals surface area contributed by atoms with Crippen LogP contribution in [0.2, 0.25) is 5.02 Å². The molecule has 3 rings (SSSR count). The zero-order valence-corrected chi connectivity index (χ0v) is 15.4. The van der Waals surface area contributed by atoms with Crippen molar-refractivity contribution >= 4 is 23.5 Å². The summed E-state index contributed by atoms with van der Waals surface area (Å²) < 4.78 is 0. The molecule has 1 N–H and O–H groups in total. The van der Waals surface area contributed by atoms with Gasteiger partial charge in [0.05, 0.1) is 0 Å². The molecule has 0 saturated carbocycles. The van der Waals surface area contributed by atoms with Gasteiger partial charge < -0.3 is 10.2 Å². The van der Waals surface area contributed by atoms with Crippen molar-refractivity contribution in [2.45, 2.75) is 33.2 Å². The third kappa shape index (κ3) is 4.48. The van der Waals surface area contributed by atoms with Gasteiger partial charge in [-0.05, 0) is 43.4 Å². The quantitative estimate of drug-likeness (QED) is 0.907. The Morgan fingerprint density at radius 1 is 1.28 bits per heavy atom. The van der Waals surface area contributed by atoms with E-state index in [-0.39, 0.29) is 5.91 Å². The molecule has 25 heavy (non-hydrogen) atoms. The third-order valence-corrected chi connectivity index (χ3v) is 4.91. The number of piperidine rings is 1. The third-order valence-electron chi connectivity index (χ3n) is 4.54. The van der Waals surface area contributed by atoms with E-state index in [2.05, 4.69) is 27.1 Å². The summed E-state index contributed by atoms with van der Waals surface area (Å²) in [5.41, 5.74) is 2.08. The lowest BCUT2D eigenvalue weighted by Crippen LogP contribution is -2.35. The van der Waals surface area contributed by atoms with Gasteiger partial charge in [-0.1, -0.05) is 36.7 Å². The molecule has 2 heterocycles. The van der Waals surface area contributed by atoms with Gasteiger partial charge >= 0.3 is 0 Å². The van der Waals surface area contributed by atoms with Crippen LogP contribution in [0.1, 0.15) is 41.5 Å². The number of carbonyl (C=O) groups excluding carboxylic acids is 1. The highest BCUT2D eigenvalue weighted by molar-refractivity contribution is 6.31. The highest BCUT2D eigenvalue weighted by atomic mass is 35.5. The molecule has 1 aliphatic heterocycles. The number of nitrogens with zero attached hydrogens (tertiary/aromatic N) is 3. The van der Waals surface area contributed by atoms with Crippen LogP contribution in [0.4, 0.5) is 5.95 Å². The molecule has 1 aromatic carbocycles. The summed E-state index contributed by atoms with van der Waals surface area (Å²) in [5.74, 6) is 1.17. The fourth-order valence-corrected chi connectivity index (χ4v) is 3.13. The lowest BCUT2D eigenvalue weighted by Gasteiger charge is -2.30. The number of amides is 1. The lowest BCUT2D eigenvalue weighted by atomic mass is 10.00. The standard InChI is InChI=1S/C19H23ClN4O/c1-13-7-9-24(10-8-13)19-22-14(2)11-17(23-19)18(25)21-12-15-5-3-4-6-16(15)20/h3-6,11,13H,7-10,12H2,1-2H3,(H,21,25). The Morgan fingerprint density at radius 3 is 2.72 bits per heavy atom. The first-order chi connectivity index (χ1) is 12.0. The van der Waals surface area contributed by atoms with Crippen molar-refractivity contribution in [3.05, 3.63) is 52.3 Å². The number of aryl methyl sites for hydroxylation is 1. The van der Waals surface area contributed by atoms with Crippen LogP contribution in [0, 0.1) is 12.8 Å². The maximum Gasteiger partial charge on any atom is 0.270 e. The number of aromatic nitrogens is 2. The van der Waals surface area contributed by atoms with Crippen LogP contribution in [-0.2, 0) is 6.54 Å². The molecule has 0 atom stereocenters. The maximum absolute atomic E-state index is 12.5. The fourth-order valence-electron chi connectivity index (χ4n) is 2.93. The van der Waals surface area contributed by atoms with E-state index in [1.165, 1.54) is 0 Å². The number of benzene rings is 1. The van der Waals surface area contributed by atoms with Gasteiger partial charge in [-0.2, -0.15) is 0 Å². The van der Waals surface area contributed by atoms with Gasteiger partial charge in [0, 0.05) is 30.4 Å². The Balaban J connectivity index is 1.71. The zero-order chi connectivity index (χ0) is 17.8. The van der Waals surface area contributed by atoms with E-state index in [4.69, 9.17) is 11.6 Å². The average Bonchev–Trinajstić information content (AvgIpc) is 2.61. The Hall–Kier alpha value is -2.14. The second kappa shape index (κ2) is 7.83. The van der Waals surface area contributed by atoms with E-state index in [9.17, 15) is 4.79 Å². The molecule has 1 aliphatic rings. The van der Waals surface area contributed by atoms with E-state index < -0.39 is 0 Å². The smallest absolute Gasteiger partial charge is 0.270 e. The molecule has 0 bridgehead atoms. The van der Waals surface area contributed by atoms with Crippen molar-refractivity contribution in [1.29, 1.82) is 0 Å². The van der Waals surface area contributed by atoms with Crippen molar-refractivity contribution in [3.63, 3.8) is 0 Å². The zero-order valence-electron chi connectivity index (χ0n) is 14.6. The Labute approximate surface area is 153 Å². The van der Waals surface area contributed by atoms with Crippen molar-refractivity contribution in [3.8, 4) is 0 Å². The summed E-state index contributed by atoms with van der Waals surface area (Å²) in [4.78, 5) is 23.7. The molecular weight excluding hydrogens is 336 g/mol. The summed E-state index contributed by atoms with van der Waals surface area (Å²) in [6.45, 7) is 6.40. The number of halogens is 1. The SMILES string of the molecule is Cc1cc(C(=O)NCc2ccccc2Cl)nc(N2CCC(C)CC2)n1. The summed E-state index contributed by atoms with van der Waals surface area (Å²) >= 11 is 6.13. The predicted octanol–water partition coefficient (Wildman–Crippen LogP) is 3.60. The number of carbonyl (C=O) groups is 1. The number of anilines is 1. The van der Waals surface area contributed by atoms with Gasteiger partial charge in [-0.15, -0.1) is 0 Å². The van der Waals surface area contributed by atoms with Crippen LogP contribution in [0.3, 0.4) is 0 Å². The van der Waals surface area contributed by atoms with E-state index in [0.29, 0.717) is 23.2 Å². The van der Waals surface area contributed by atoms with Crippen LogP contribution in [0.25, 0.3) is 0 Å². The van der Waals surface area contributed by atoms with Crippen LogP contribution in [0.15, 0.2) is 30.3 Å². The molecule has 0 unspecified atom stereocenters. The Bertz CT molecular complexity index is 757. The van der Waals surface area contributed by atoms with Gasteiger partial charge in [0.2, 0.25) is 5.95 Å². The molecule has 5 nitrogen and oxygen atoms in total. The van der Waals surface area contributed by atoms with E-state index in [1.54, 1.807) is 6.07 Å². The molecular formula is C19H23ClN4O. The molecule has 6 heteroatoms. The maximum atomic E-state index is 12.5. The van der Waals surface area contributed by atoms with Gasteiger partial charge in [-0.3, -0.25) is 4.79 Å². The van der Waals surface area contributed by atoms with Gasteiger partial charge in [-0.25, -0.2) is 9.97 Å². The first kappa shape index (κ1) is 17.7. The lowest BCUT2D eigenvalue weighted by molar-refractivity contribution is 0.0945. The molecule has 1 aromatic heterocycles.